The van der Waals surface area contributed by atoms with Gasteiger partial charge in [0.2, 0.25) is 11.8 Å². The highest BCUT2D eigenvalue weighted by molar-refractivity contribution is 5.90. The topological polar surface area (TPSA) is 122 Å². The number of hydrogen-bond donors (Lipinski definition) is 3. The number of amides is 2. The first-order valence-electron chi connectivity index (χ1n) is 11.7. The average molecular weight is 468 g/mol. The number of carboxylic acid groups (broad SMARTS) is 1. The second-order valence-corrected chi connectivity index (χ2v) is 8.58. The third-order valence-electron chi connectivity index (χ3n) is 5.95. The molecule has 0 bridgehead atoms. The number of nitrogens with zero attached hydrogens (tertiary/aromatic N) is 1. The van der Waals surface area contributed by atoms with E-state index in [2.05, 4.69) is 17.4 Å². The number of benzene rings is 2. The fourth-order valence-electron chi connectivity index (χ4n) is 4.21. The van der Waals surface area contributed by atoms with Crippen molar-refractivity contribution in [2.45, 2.75) is 44.6 Å². The minimum absolute atomic E-state index is 0.0841. The van der Waals surface area contributed by atoms with E-state index in [0.29, 0.717) is 43.8 Å². The Morgan fingerprint density at radius 3 is 2.50 bits per heavy atom. The maximum absolute atomic E-state index is 12.9. The van der Waals surface area contributed by atoms with Gasteiger partial charge in [-0.3, -0.25) is 14.4 Å². The van der Waals surface area contributed by atoms with Gasteiger partial charge in [-0.1, -0.05) is 30.3 Å². The fraction of sp³-hybridized carbons (Fsp3) is 0.423. The average Bonchev–Trinajstić information content (AvgIpc) is 3.11. The molecule has 0 saturated carbocycles. The molecule has 2 aromatic rings. The molecule has 1 heterocycles. The number of likely N-dealkylation sites (tertiary alicyclic amines) is 1. The molecule has 8 heteroatoms. The Balaban J connectivity index is 1.55. The zero-order valence-corrected chi connectivity index (χ0v) is 19.3. The van der Waals surface area contributed by atoms with Crippen LogP contribution in [0.25, 0.3) is 0 Å². The van der Waals surface area contributed by atoms with E-state index in [1.54, 1.807) is 29.2 Å². The summed E-state index contributed by atoms with van der Waals surface area (Å²) >= 11 is 0. The van der Waals surface area contributed by atoms with Crippen molar-refractivity contribution in [3.05, 3.63) is 60.2 Å². The van der Waals surface area contributed by atoms with E-state index in [-0.39, 0.29) is 30.9 Å². The number of rotatable bonds is 13. The molecule has 1 fully saturated rings. The molecule has 8 nitrogen and oxygen atoms in total. The van der Waals surface area contributed by atoms with Crippen LogP contribution >= 0.6 is 0 Å². The van der Waals surface area contributed by atoms with Crippen molar-refractivity contribution in [1.82, 2.24) is 4.90 Å². The Bertz CT molecular complexity index is 949. The first-order valence-corrected chi connectivity index (χ1v) is 11.7. The van der Waals surface area contributed by atoms with Crippen LogP contribution in [0, 0.1) is 5.92 Å². The van der Waals surface area contributed by atoms with Crippen LogP contribution in [-0.4, -0.2) is 53.5 Å². The number of carbonyl (C=O) groups excluding carboxylic acids is 2. The highest BCUT2D eigenvalue weighted by atomic mass is 16.5. The SMILES string of the molecule is NCCCC(=O)Nc1ccc(OC[C@@H]2C[C@@H](CC(=O)O)C(=O)N2CCCc2ccccc2)cc1. The van der Waals surface area contributed by atoms with Gasteiger partial charge in [-0.05, 0) is 62.1 Å². The Hall–Kier alpha value is -3.39. The third-order valence-corrected chi connectivity index (χ3v) is 5.95. The van der Waals surface area contributed by atoms with Crippen molar-refractivity contribution >= 4 is 23.5 Å². The summed E-state index contributed by atoms with van der Waals surface area (Å²) in [7, 11) is 0. The molecular weight excluding hydrogens is 434 g/mol. The van der Waals surface area contributed by atoms with E-state index in [4.69, 9.17) is 10.5 Å². The van der Waals surface area contributed by atoms with Crippen LogP contribution in [0.3, 0.4) is 0 Å². The zero-order valence-electron chi connectivity index (χ0n) is 19.3. The monoisotopic (exact) mass is 467 g/mol. The third kappa shape index (κ3) is 7.59. The van der Waals surface area contributed by atoms with Crippen LogP contribution in [-0.2, 0) is 20.8 Å². The predicted molar refractivity (Wildman–Crippen MR) is 129 cm³/mol. The van der Waals surface area contributed by atoms with Gasteiger partial charge >= 0.3 is 5.97 Å². The number of hydrogen-bond acceptors (Lipinski definition) is 5. The minimum atomic E-state index is -0.965. The van der Waals surface area contributed by atoms with Gasteiger partial charge < -0.3 is 25.8 Å². The summed E-state index contributed by atoms with van der Waals surface area (Å²) in [6.45, 7) is 1.32. The summed E-state index contributed by atoms with van der Waals surface area (Å²) in [6.07, 6.45) is 2.96. The molecule has 1 saturated heterocycles. The molecule has 2 atom stereocenters. The molecule has 34 heavy (non-hydrogen) atoms. The maximum Gasteiger partial charge on any atom is 0.304 e. The summed E-state index contributed by atoms with van der Waals surface area (Å²) in [5.74, 6) is -1.06. The van der Waals surface area contributed by atoms with E-state index in [0.717, 1.165) is 12.8 Å². The van der Waals surface area contributed by atoms with Gasteiger partial charge in [0.1, 0.15) is 12.4 Å². The van der Waals surface area contributed by atoms with Crippen molar-refractivity contribution < 1.29 is 24.2 Å². The number of nitrogens with two attached hydrogens (primary N) is 1. The number of aryl methyl sites for hydroxylation is 1. The quantitative estimate of drug-likeness (QED) is 0.416. The van der Waals surface area contributed by atoms with Crippen molar-refractivity contribution in [2.75, 3.05) is 25.0 Å². The second-order valence-electron chi connectivity index (χ2n) is 8.58. The summed E-state index contributed by atoms with van der Waals surface area (Å²) < 4.78 is 5.94. The van der Waals surface area contributed by atoms with Crippen LogP contribution in [0.5, 0.6) is 5.75 Å². The molecule has 0 spiro atoms. The number of carbonyl (C=O) groups is 3. The molecule has 182 valence electrons. The van der Waals surface area contributed by atoms with Gasteiger partial charge in [0.05, 0.1) is 18.4 Å². The number of ether oxygens (including phenoxy) is 1. The smallest absolute Gasteiger partial charge is 0.304 e. The summed E-state index contributed by atoms with van der Waals surface area (Å²) in [5.41, 5.74) is 7.31. The van der Waals surface area contributed by atoms with Crippen LogP contribution < -0.4 is 15.8 Å². The van der Waals surface area contributed by atoms with E-state index in [9.17, 15) is 19.5 Å². The van der Waals surface area contributed by atoms with E-state index >= 15 is 0 Å². The molecular formula is C26H33N3O5. The number of nitrogens with one attached hydrogen (secondary N) is 1. The largest absolute Gasteiger partial charge is 0.491 e. The van der Waals surface area contributed by atoms with Crippen LogP contribution in [0.2, 0.25) is 0 Å². The molecule has 0 radical (unpaired) electrons. The lowest BCUT2D eigenvalue weighted by Gasteiger charge is -2.25. The van der Waals surface area contributed by atoms with Gasteiger partial charge in [0.25, 0.3) is 0 Å². The molecule has 0 aromatic heterocycles. The molecule has 1 aliphatic rings. The highest BCUT2D eigenvalue weighted by Gasteiger charge is 2.40. The maximum atomic E-state index is 12.9. The molecule has 0 unspecified atom stereocenters. The highest BCUT2D eigenvalue weighted by Crippen LogP contribution is 2.29. The predicted octanol–water partition coefficient (Wildman–Crippen LogP) is 3.07. The van der Waals surface area contributed by atoms with Crippen LogP contribution in [0.15, 0.2) is 54.6 Å². The fourth-order valence-corrected chi connectivity index (χ4v) is 4.21. The van der Waals surface area contributed by atoms with Crippen molar-refractivity contribution in [3.63, 3.8) is 0 Å². The van der Waals surface area contributed by atoms with Gasteiger partial charge in [-0.15, -0.1) is 0 Å². The van der Waals surface area contributed by atoms with Gasteiger partial charge in [0.15, 0.2) is 0 Å². The van der Waals surface area contributed by atoms with Crippen molar-refractivity contribution in [1.29, 1.82) is 0 Å². The Labute approximate surface area is 200 Å². The lowest BCUT2D eigenvalue weighted by molar-refractivity contribution is -0.142. The summed E-state index contributed by atoms with van der Waals surface area (Å²) in [4.78, 5) is 37.7. The number of anilines is 1. The lowest BCUT2D eigenvalue weighted by Crippen LogP contribution is -2.38. The zero-order chi connectivity index (χ0) is 24.3. The normalized spacial score (nSPS) is 17.6. The molecule has 2 amide bonds. The van der Waals surface area contributed by atoms with Gasteiger partial charge in [-0.25, -0.2) is 0 Å². The summed E-state index contributed by atoms with van der Waals surface area (Å²) in [5, 5.41) is 12.0. The molecule has 4 N–H and O–H groups in total. The van der Waals surface area contributed by atoms with Crippen LogP contribution in [0.4, 0.5) is 5.69 Å². The lowest BCUT2D eigenvalue weighted by atomic mass is 10.0. The van der Waals surface area contributed by atoms with E-state index in [1.807, 2.05) is 18.2 Å². The minimum Gasteiger partial charge on any atom is -0.491 e. The van der Waals surface area contributed by atoms with Crippen LogP contribution in [0.1, 0.15) is 37.7 Å². The summed E-state index contributed by atoms with van der Waals surface area (Å²) in [6, 6.07) is 17.0. The standard InChI is InChI=1S/C26H33N3O5/c27-14-4-9-24(30)28-21-10-12-23(13-11-21)34-18-22-16-20(17-25(31)32)26(33)29(22)15-5-8-19-6-2-1-3-7-19/h1-3,6-7,10-13,20,22H,4-5,8-9,14-18,27H2,(H,28,30)(H,31,32)/t20-,22-/m0/s1. The Kier molecular flexibility index (Phi) is 9.46. The van der Waals surface area contributed by atoms with Crippen molar-refractivity contribution in [2.24, 2.45) is 11.7 Å². The first kappa shape index (κ1) is 25.2. The molecule has 3 rings (SSSR count). The Morgan fingerprint density at radius 2 is 1.82 bits per heavy atom. The van der Waals surface area contributed by atoms with Crippen molar-refractivity contribution in [3.8, 4) is 5.75 Å². The number of carboxylic acids is 1. The number of aliphatic carboxylic acids is 1. The first-order chi connectivity index (χ1) is 16.5. The molecule has 1 aliphatic heterocycles. The van der Waals surface area contributed by atoms with Gasteiger partial charge in [-0.2, -0.15) is 0 Å². The van der Waals surface area contributed by atoms with Gasteiger partial charge in [0, 0.05) is 18.7 Å². The molecule has 2 aromatic carbocycles. The second kappa shape index (κ2) is 12.7. The Morgan fingerprint density at radius 1 is 1.09 bits per heavy atom. The van der Waals surface area contributed by atoms with E-state index in [1.165, 1.54) is 5.56 Å². The van der Waals surface area contributed by atoms with E-state index < -0.39 is 11.9 Å². The molecule has 0 aliphatic carbocycles.